The Balaban J connectivity index is 0.000000391. The van der Waals surface area contributed by atoms with Gasteiger partial charge in [-0.2, -0.15) is 0 Å². The van der Waals surface area contributed by atoms with Crippen molar-refractivity contribution in [1.82, 2.24) is 0 Å². The fourth-order valence-electron chi connectivity index (χ4n) is 5.25. The summed E-state index contributed by atoms with van der Waals surface area (Å²) in [5, 5.41) is 0. The number of hydrogen-bond acceptors (Lipinski definition) is 0. The van der Waals surface area contributed by atoms with E-state index in [4.69, 9.17) is 0 Å². The van der Waals surface area contributed by atoms with E-state index in [-0.39, 0.29) is 27.9 Å². The van der Waals surface area contributed by atoms with Gasteiger partial charge in [-0.05, 0) is 115 Å². The van der Waals surface area contributed by atoms with Crippen molar-refractivity contribution in [3.05, 3.63) is 158 Å². The standard InChI is InChI=1S/C34H34.C5H5.F6P.Fe/c1-33(2,3)26-15-11-23-13-19-30(28(23)21-17-26)32(25-9-7-8-10-25)31-20-14-24-12-16-27(34(4,5)6)18-22-29(24)31;1-2-4-5-3-1;1-7(2,3,4,5)6;/h7-22H,1-6H3;1-5H;;/q+1;;-1;+2/b32-30-;;;. The van der Waals surface area contributed by atoms with E-state index < -0.39 is 7.81 Å². The van der Waals surface area contributed by atoms with Crippen molar-refractivity contribution in [3.8, 4) is 11.1 Å². The average molecular weight is 709 g/mol. The SMILES string of the molecule is CC(C)(C)c1ccc2ccc(/C([C]3[CH][CH][CH][CH]3)=C3/C=Cc4ccc(C(C)(C)C)cc[c+]43)c-2cc1.F[P-](F)(F)(F)(F)F.[CH]1[CH][CH][CH][CH]1.[Fe+2]. The third-order valence-electron chi connectivity index (χ3n) is 7.58. The van der Waals surface area contributed by atoms with E-state index in [1.165, 1.54) is 56.0 Å². The molecule has 47 heavy (non-hydrogen) atoms. The molecule has 1 aromatic carbocycles. The molecule has 0 aliphatic heterocycles. The van der Waals surface area contributed by atoms with Gasteiger partial charge in [0.05, 0.1) is 16.7 Å². The van der Waals surface area contributed by atoms with E-state index in [1.807, 2.05) is 32.1 Å². The van der Waals surface area contributed by atoms with Gasteiger partial charge in [0.2, 0.25) is 0 Å². The molecule has 0 bridgehead atoms. The monoisotopic (exact) mass is 708 g/mol. The van der Waals surface area contributed by atoms with Crippen LogP contribution in [0.25, 0.3) is 28.3 Å². The second-order valence-electron chi connectivity index (χ2n) is 13.4. The average Bonchev–Trinajstić information content (AvgIpc) is 3.71. The maximum atomic E-state index is 9.87. The Hall–Kier alpha value is -2.20. The third kappa shape index (κ3) is 12.0. The Labute approximate surface area is 288 Å². The minimum Gasteiger partial charge on any atom is -0.0312 e. The summed E-state index contributed by atoms with van der Waals surface area (Å²) in [7, 11) is -10.7. The van der Waals surface area contributed by atoms with Crippen molar-refractivity contribution in [1.29, 1.82) is 0 Å². The molecule has 5 aliphatic carbocycles. The van der Waals surface area contributed by atoms with Crippen LogP contribution in [-0.4, -0.2) is 0 Å². The van der Waals surface area contributed by atoms with Crippen LogP contribution < -0.4 is 0 Å². The molecular formula is C39H39F6FeP+2. The summed E-state index contributed by atoms with van der Waals surface area (Å²) in [6.07, 6.45) is 23.3. The van der Waals surface area contributed by atoms with Gasteiger partial charge in [-0.15, -0.1) is 0 Å². The minimum atomic E-state index is -10.7. The Bertz CT molecular complexity index is 1550. The van der Waals surface area contributed by atoms with Gasteiger partial charge in [0.1, 0.15) is 0 Å². The van der Waals surface area contributed by atoms with Crippen LogP contribution in [-0.2, 0) is 27.9 Å². The van der Waals surface area contributed by atoms with Crippen molar-refractivity contribution in [3.63, 3.8) is 0 Å². The van der Waals surface area contributed by atoms with Crippen molar-refractivity contribution < 1.29 is 42.3 Å². The molecule has 5 aliphatic rings. The molecule has 0 aromatic heterocycles. The molecule has 2 saturated carbocycles. The zero-order valence-electron chi connectivity index (χ0n) is 27.2. The molecule has 2 fully saturated rings. The molecule has 0 saturated heterocycles. The fourth-order valence-corrected chi connectivity index (χ4v) is 5.25. The maximum absolute atomic E-state index is 10.7. The van der Waals surface area contributed by atoms with Gasteiger partial charge in [0, 0.05) is 35.3 Å². The van der Waals surface area contributed by atoms with Crippen molar-refractivity contribution >= 4 is 25.0 Å². The third-order valence-corrected chi connectivity index (χ3v) is 7.58. The molecule has 0 spiro atoms. The Kier molecular flexibility index (Phi) is 11.7. The molecule has 248 valence electrons. The van der Waals surface area contributed by atoms with Crippen molar-refractivity contribution in [2.75, 3.05) is 0 Å². The van der Waals surface area contributed by atoms with Crippen LogP contribution in [0.3, 0.4) is 0 Å². The van der Waals surface area contributed by atoms with Gasteiger partial charge in [0.25, 0.3) is 0 Å². The van der Waals surface area contributed by atoms with E-state index in [0.29, 0.717) is 0 Å². The fraction of sp³-hybridized carbons (Fsp3) is 0.205. The van der Waals surface area contributed by atoms with E-state index in [1.54, 1.807) is 0 Å². The van der Waals surface area contributed by atoms with Crippen LogP contribution in [0.5, 0.6) is 0 Å². The van der Waals surface area contributed by atoms with Crippen LogP contribution in [0.15, 0.2) is 66.7 Å². The summed E-state index contributed by atoms with van der Waals surface area (Å²) in [5.74, 6) is 1.27. The molecule has 0 unspecified atom stereocenters. The Morgan fingerprint density at radius 3 is 1.57 bits per heavy atom. The van der Waals surface area contributed by atoms with Crippen LogP contribution in [0.1, 0.15) is 69.4 Å². The van der Waals surface area contributed by atoms with Crippen LogP contribution in [0.4, 0.5) is 25.2 Å². The van der Waals surface area contributed by atoms with Crippen molar-refractivity contribution in [2.45, 2.75) is 52.4 Å². The topological polar surface area (TPSA) is 0 Å². The normalized spacial score (nSPS) is 19.0. The second kappa shape index (κ2) is 14.0. The first-order valence-electron chi connectivity index (χ1n) is 15.0. The molecule has 8 heteroatoms. The van der Waals surface area contributed by atoms with Crippen LogP contribution in [0, 0.1) is 63.7 Å². The molecule has 0 N–H and O–H groups in total. The maximum Gasteiger partial charge on any atom is 2.00 e. The van der Waals surface area contributed by atoms with Crippen molar-refractivity contribution in [2.24, 2.45) is 0 Å². The first kappa shape index (κ1) is 39.2. The van der Waals surface area contributed by atoms with Crippen LogP contribution >= 0.6 is 7.81 Å². The number of allylic oxidation sites excluding steroid dienone is 3. The van der Waals surface area contributed by atoms with Gasteiger partial charge in [-0.25, -0.2) is 0 Å². The van der Waals surface area contributed by atoms with E-state index in [2.05, 4.69) is 140 Å². The second-order valence-corrected chi connectivity index (χ2v) is 15.4. The van der Waals surface area contributed by atoms with Gasteiger partial charge >= 0.3 is 50.1 Å². The number of halogens is 6. The Morgan fingerprint density at radius 1 is 0.574 bits per heavy atom. The zero-order valence-corrected chi connectivity index (χ0v) is 29.2. The van der Waals surface area contributed by atoms with E-state index in [9.17, 15) is 25.2 Å². The smallest absolute Gasteiger partial charge is 0.0312 e. The summed E-state index contributed by atoms with van der Waals surface area (Å²) >= 11 is 0. The summed E-state index contributed by atoms with van der Waals surface area (Å²) in [6.45, 7) is 13.7. The van der Waals surface area contributed by atoms with Crippen LogP contribution in [0.2, 0.25) is 0 Å². The van der Waals surface area contributed by atoms with Gasteiger partial charge in [0.15, 0.2) is 0 Å². The molecule has 0 heterocycles. The predicted molar refractivity (Wildman–Crippen MR) is 183 cm³/mol. The minimum absolute atomic E-state index is 0. The summed E-state index contributed by atoms with van der Waals surface area (Å²) in [4.78, 5) is 0. The van der Waals surface area contributed by atoms with Gasteiger partial charge in [-0.1, -0.05) is 71.9 Å². The summed E-state index contributed by atoms with van der Waals surface area (Å²) in [6, 6.07) is 22.9. The molecule has 10 radical (unpaired) electrons. The summed E-state index contributed by atoms with van der Waals surface area (Å²) < 4.78 is 59.2. The van der Waals surface area contributed by atoms with Gasteiger partial charge < -0.3 is 0 Å². The first-order chi connectivity index (χ1) is 21.1. The molecule has 1 aromatic rings. The molecular weight excluding hydrogens is 669 g/mol. The molecule has 0 atom stereocenters. The summed E-state index contributed by atoms with van der Waals surface area (Å²) in [5.41, 5.74) is 12.0. The molecule has 0 amide bonds. The largest absolute Gasteiger partial charge is 2.00 e. The van der Waals surface area contributed by atoms with E-state index >= 15 is 0 Å². The van der Waals surface area contributed by atoms with E-state index in [0.717, 1.165) is 0 Å². The number of rotatable bonds is 2. The van der Waals surface area contributed by atoms with Gasteiger partial charge in [-0.3, -0.25) is 0 Å². The Morgan fingerprint density at radius 2 is 1.04 bits per heavy atom. The molecule has 0 nitrogen and oxygen atoms in total. The zero-order chi connectivity index (χ0) is 34.0. The quantitative estimate of drug-likeness (QED) is 0.108. The predicted octanol–water partition coefficient (Wildman–Crippen LogP) is 13.4. The number of hydrogen-bond donors (Lipinski definition) is 0. The molecule has 6 rings (SSSR count). The number of fused-ring (bicyclic) bond motifs is 2. The first-order valence-corrected chi connectivity index (χ1v) is 17.0.